The molecule has 3 rings (SSSR count). The van der Waals surface area contributed by atoms with Crippen molar-refractivity contribution < 1.29 is 41.8 Å². The number of carboxylic acids is 1. The van der Waals surface area contributed by atoms with E-state index in [1.807, 2.05) is 0 Å². The van der Waals surface area contributed by atoms with Crippen LogP contribution in [0.3, 0.4) is 0 Å². The molecule has 3 aromatic rings. The minimum atomic E-state index is -4.15. The average molecular weight is 573 g/mol. The molecule has 0 aromatic heterocycles. The molecule has 212 valence electrons. The fourth-order valence-corrected chi connectivity index (χ4v) is 4.60. The zero-order valence-corrected chi connectivity index (χ0v) is 23.0. The lowest BCUT2D eigenvalue weighted by Crippen LogP contribution is -2.42. The van der Waals surface area contributed by atoms with Crippen LogP contribution < -0.4 is 14.8 Å². The van der Waals surface area contributed by atoms with E-state index >= 15 is 0 Å². The molecule has 0 fully saturated rings. The van der Waals surface area contributed by atoms with Gasteiger partial charge in [0.2, 0.25) is 10.0 Å². The number of sulfonamides is 1. The van der Waals surface area contributed by atoms with E-state index in [-0.39, 0.29) is 22.4 Å². The number of ether oxygens (including phenoxy) is 2. The van der Waals surface area contributed by atoms with Crippen LogP contribution in [0.5, 0.6) is 5.75 Å². The molecule has 0 aliphatic carbocycles. The van der Waals surface area contributed by atoms with Crippen LogP contribution in [0, 0.1) is 12.7 Å². The fourth-order valence-electron chi connectivity index (χ4n) is 3.41. The number of aliphatic carboxylic acids is 1. The SMILES string of the molecule is Cc1ccc(S(=O)(=O)NC(Cc2ccc(OC(=O)c3ccc(NC(=O)OC(C)(C)C)cc3)c(F)c2)C(=O)O)cc1. The zero-order valence-electron chi connectivity index (χ0n) is 22.2. The summed E-state index contributed by atoms with van der Waals surface area (Å²) in [6.07, 6.45) is -1.03. The Bertz CT molecular complexity index is 1500. The molecule has 1 atom stereocenters. The Kier molecular flexibility index (Phi) is 9.28. The standard InChI is InChI=1S/C28H29FN2O8S/c1-17-5-12-21(13-6-17)40(36,37)31-23(25(32)33)16-18-7-14-24(22(29)15-18)38-26(34)19-8-10-20(11-9-19)30-27(35)39-28(2,3)4/h5-15,23,31H,16H2,1-4H3,(H,30,35)(H,32,33). The molecule has 0 aliphatic rings. The van der Waals surface area contributed by atoms with Gasteiger partial charge in [-0.3, -0.25) is 10.1 Å². The van der Waals surface area contributed by atoms with E-state index in [0.717, 1.165) is 17.7 Å². The predicted molar refractivity (Wildman–Crippen MR) is 144 cm³/mol. The fraction of sp³-hybridized carbons (Fsp3) is 0.250. The first kappa shape index (κ1) is 30.3. The van der Waals surface area contributed by atoms with Crippen LogP contribution in [-0.4, -0.2) is 43.2 Å². The van der Waals surface area contributed by atoms with Gasteiger partial charge in [0.05, 0.1) is 10.5 Å². The number of rotatable bonds is 9. The Balaban J connectivity index is 1.65. The summed E-state index contributed by atoms with van der Waals surface area (Å²) in [5.41, 5.74) is 0.755. The van der Waals surface area contributed by atoms with Crippen LogP contribution in [0.25, 0.3) is 0 Å². The Morgan fingerprint density at radius 3 is 2.15 bits per heavy atom. The van der Waals surface area contributed by atoms with Crippen LogP contribution in [0.2, 0.25) is 0 Å². The van der Waals surface area contributed by atoms with Gasteiger partial charge in [0, 0.05) is 5.69 Å². The summed E-state index contributed by atoms with van der Waals surface area (Å²) in [4.78, 5) is 36.0. The maximum atomic E-state index is 14.7. The maximum Gasteiger partial charge on any atom is 0.412 e. The van der Waals surface area contributed by atoms with Gasteiger partial charge in [-0.2, -0.15) is 4.72 Å². The van der Waals surface area contributed by atoms with Crippen molar-refractivity contribution in [1.29, 1.82) is 0 Å². The van der Waals surface area contributed by atoms with Crippen molar-refractivity contribution in [2.24, 2.45) is 0 Å². The minimum absolute atomic E-state index is 0.0784. The van der Waals surface area contributed by atoms with Gasteiger partial charge in [0.15, 0.2) is 11.6 Å². The van der Waals surface area contributed by atoms with E-state index in [4.69, 9.17) is 9.47 Å². The molecule has 10 nitrogen and oxygen atoms in total. The second-order valence-electron chi connectivity index (χ2n) is 9.89. The van der Waals surface area contributed by atoms with Gasteiger partial charge in [-0.05, 0) is 88.2 Å². The van der Waals surface area contributed by atoms with E-state index in [1.54, 1.807) is 39.8 Å². The second-order valence-corrected chi connectivity index (χ2v) is 11.6. The first-order valence-electron chi connectivity index (χ1n) is 12.1. The largest absolute Gasteiger partial charge is 0.480 e. The number of carbonyl (C=O) groups excluding carboxylic acids is 2. The topological polar surface area (TPSA) is 148 Å². The number of halogens is 1. The van der Waals surface area contributed by atoms with Crippen LogP contribution in [-0.2, 0) is 26.0 Å². The monoisotopic (exact) mass is 572 g/mol. The summed E-state index contributed by atoms with van der Waals surface area (Å²) in [5, 5.41) is 12.1. The lowest BCUT2D eigenvalue weighted by molar-refractivity contribution is -0.138. The van der Waals surface area contributed by atoms with E-state index in [1.165, 1.54) is 42.5 Å². The van der Waals surface area contributed by atoms with Crippen LogP contribution >= 0.6 is 0 Å². The number of aryl methyl sites for hydroxylation is 1. The van der Waals surface area contributed by atoms with Crippen molar-refractivity contribution in [1.82, 2.24) is 4.72 Å². The Morgan fingerprint density at radius 1 is 0.975 bits per heavy atom. The molecule has 1 amide bonds. The molecule has 1 unspecified atom stereocenters. The van der Waals surface area contributed by atoms with Crippen LogP contribution in [0.15, 0.2) is 71.6 Å². The van der Waals surface area contributed by atoms with E-state index < -0.39 is 51.3 Å². The number of hydrogen-bond acceptors (Lipinski definition) is 7. The first-order chi connectivity index (χ1) is 18.6. The number of amides is 1. The summed E-state index contributed by atoms with van der Waals surface area (Å²) in [7, 11) is -4.15. The molecule has 0 saturated heterocycles. The van der Waals surface area contributed by atoms with Crippen molar-refractivity contribution in [2.75, 3.05) is 5.32 Å². The first-order valence-corrected chi connectivity index (χ1v) is 13.5. The zero-order chi connectivity index (χ0) is 29.7. The highest BCUT2D eigenvalue weighted by atomic mass is 32.2. The molecular weight excluding hydrogens is 543 g/mol. The third-order valence-electron chi connectivity index (χ3n) is 5.33. The Hall–Kier alpha value is -4.29. The summed E-state index contributed by atoms with van der Waals surface area (Å²) in [6.45, 7) is 6.93. The van der Waals surface area contributed by atoms with E-state index in [2.05, 4.69) is 10.0 Å². The van der Waals surface area contributed by atoms with Gasteiger partial charge in [0.25, 0.3) is 0 Å². The number of carbonyl (C=O) groups is 3. The lowest BCUT2D eigenvalue weighted by Gasteiger charge is -2.19. The number of nitrogens with one attached hydrogen (secondary N) is 2. The van der Waals surface area contributed by atoms with Crippen molar-refractivity contribution in [3.63, 3.8) is 0 Å². The summed E-state index contributed by atoms with van der Waals surface area (Å²) in [6, 6.07) is 13.4. The lowest BCUT2D eigenvalue weighted by atomic mass is 10.1. The van der Waals surface area contributed by atoms with Crippen LogP contribution in [0.1, 0.15) is 42.3 Å². The third kappa shape index (κ3) is 8.61. The number of benzene rings is 3. The molecule has 3 aromatic carbocycles. The van der Waals surface area contributed by atoms with Crippen molar-refractivity contribution in [2.45, 2.75) is 50.7 Å². The quantitative estimate of drug-likeness (QED) is 0.247. The molecule has 0 spiro atoms. The number of esters is 1. The molecule has 0 aliphatic heterocycles. The van der Waals surface area contributed by atoms with Crippen LogP contribution in [0.4, 0.5) is 14.9 Å². The second kappa shape index (κ2) is 12.3. The number of hydrogen-bond donors (Lipinski definition) is 3. The highest BCUT2D eigenvalue weighted by Crippen LogP contribution is 2.22. The van der Waals surface area contributed by atoms with Gasteiger partial charge in [-0.1, -0.05) is 23.8 Å². The summed E-state index contributed by atoms with van der Waals surface area (Å²) < 4.78 is 52.4. The van der Waals surface area contributed by atoms with Gasteiger partial charge in [0.1, 0.15) is 11.6 Å². The Labute approximate surface area is 231 Å². The van der Waals surface area contributed by atoms with E-state index in [0.29, 0.717) is 5.69 Å². The summed E-state index contributed by atoms with van der Waals surface area (Å²) >= 11 is 0. The van der Waals surface area contributed by atoms with E-state index in [9.17, 15) is 32.3 Å². The molecule has 0 heterocycles. The van der Waals surface area contributed by atoms with Gasteiger partial charge in [-0.15, -0.1) is 0 Å². The highest BCUT2D eigenvalue weighted by Gasteiger charge is 2.26. The molecule has 3 N–H and O–H groups in total. The highest BCUT2D eigenvalue weighted by molar-refractivity contribution is 7.89. The average Bonchev–Trinajstić information content (AvgIpc) is 2.84. The van der Waals surface area contributed by atoms with Crippen molar-refractivity contribution in [3.05, 3.63) is 89.2 Å². The number of carboxylic acid groups (broad SMARTS) is 1. The molecule has 12 heteroatoms. The maximum absolute atomic E-state index is 14.7. The minimum Gasteiger partial charge on any atom is -0.480 e. The van der Waals surface area contributed by atoms with Gasteiger partial charge < -0.3 is 14.6 Å². The summed E-state index contributed by atoms with van der Waals surface area (Å²) in [5.74, 6) is -3.67. The predicted octanol–water partition coefficient (Wildman–Crippen LogP) is 4.67. The molecule has 0 bridgehead atoms. The number of anilines is 1. The van der Waals surface area contributed by atoms with Crippen molar-refractivity contribution in [3.8, 4) is 5.75 Å². The third-order valence-corrected chi connectivity index (χ3v) is 6.82. The molecule has 0 saturated carbocycles. The molecule has 40 heavy (non-hydrogen) atoms. The molecular formula is C28H29FN2O8S. The Morgan fingerprint density at radius 2 is 1.60 bits per heavy atom. The van der Waals surface area contributed by atoms with Gasteiger partial charge in [-0.25, -0.2) is 22.4 Å². The van der Waals surface area contributed by atoms with Crippen molar-refractivity contribution >= 4 is 33.7 Å². The molecule has 0 radical (unpaired) electrons. The normalized spacial score (nSPS) is 12.3. The van der Waals surface area contributed by atoms with Gasteiger partial charge >= 0.3 is 18.0 Å². The smallest absolute Gasteiger partial charge is 0.412 e.